The molecule has 5 rings (SSSR count). The molecule has 1 heteroatoms. The van der Waals surface area contributed by atoms with Crippen molar-refractivity contribution in [2.45, 2.75) is 89.6 Å². The molecule has 5 aliphatic carbocycles. The van der Waals surface area contributed by atoms with E-state index in [1.54, 1.807) is 38.5 Å². The van der Waals surface area contributed by atoms with Crippen molar-refractivity contribution in [2.24, 2.45) is 23.2 Å². The first-order valence-corrected chi connectivity index (χ1v) is 8.99. The van der Waals surface area contributed by atoms with Crippen molar-refractivity contribution < 1.29 is 0 Å². The number of nitrogens with one attached hydrogen (secondary N) is 1. The summed E-state index contributed by atoms with van der Waals surface area (Å²) in [5.74, 6) is 3.30. The first-order valence-electron chi connectivity index (χ1n) is 8.99. The van der Waals surface area contributed by atoms with Gasteiger partial charge in [-0.25, -0.2) is 0 Å². The van der Waals surface area contributed by atoms with Crippen LogP contribution >= 0.6 is 0 Å². The Morgan fingerprint density at radius 3 is 1.89 bits per heavy atom. The molecule has 5 saturated carbocycles. The molecule has 0 aromatic carbocycles. The fraction of sp³-hybridized carbons (Fsp3) is 1.00. The lowest BCUT2D eigenvalue weighted by Crippen LogP contribution is -2.56. The van der Waals surface area contributed by atoms with Gasteiger partial charge in [-0.05, 0) is 81.5 Å². The smallest absolute Gasteiger partial charge is 0.00980 e. The van der Waals surface area contributed by atoms with E-state index in [2.05, 4.69) is 12.2 Å². The minimum absolute atomic E-state index is 0.701. The molecule has 0 unspecified atom stereocenters. The molecule has 108 valence electrons. The van der Waals surface area contributed by atoms with Crippen LogP contribution in [0, 0.1) is 23.2 Å². The van der Waals surface area contributed by atoms with E-state index in [4.69, 9.17) is 0 Å². The van der Waals surface area contributed by atoms with Crippen molar-refractivity contribution in [3.05, 3.63) is 0 Å². The molecule has 0 aliphatic heterocycles. The molecule has 1 nitrogen and oxygen atoms in total. The highest BCUT2D eigenvalue weighted by Crippen LogP contribution is 2.61. The first kappa shape index (κ1) is 12.7. The van der Waals surface area contributed by atoms with Crippen molar-refractivity contribution in [3.63, 3.8) is 0 Å². The first-order chi connectivity index (χ1) is 9.23. The van der Waals surface area contributed by atoms with Gasteiger partial charge >= 0.3 is 0 Å². The van der Waals surface area contributed by atoms with Crippen LogP contribution in [-0.2, 0) is 0 Å². The number of rotatable bonds is 3. The Hall–Kier alpha value is -0.0400. The summed E-state index contributed by atoms with van der Waals surface area (Å²) in [4.78, 5) is 0. The molecule has 0 heterocycles. The summed E-state index contributed by atoms with van der Waals surface area (Å²) < 4.78 is 0. The van der Waals surface area contributed by atoms with Crippen LogP contribution in [0.1, 0.15) is 77.6 Å². The predicted octanol–water partition coefficient (Wildman–Crippen LogP) is 4.51. The Balaban J connectivity index is 1.45. The van der Waals surface area contributed by atoms with Crippen LogP contribution in [0.2, 0.25) is 0 Å². The van der Waals surface area contributed by atoms with Gasteiger partial charge in [-0.15, -0.1) is 0 Å². The number of hydrogen-bond donors (Lipinski definition) is 1. The molecule has 0 aromatic heterocycles. The minimum Gasteiger partial charge on any atom is -0.311 e. The molecular weight excluding hydrogens is 230 g/mol. The topological polar surface area (TPSA) is 12.0 Å². The highest BCUT2D eigenvalue weighted by molar-refractivity contribution is 5.05. The summed E-state index contributed by atoms with van der Waals surface area (Å²) in [5.41, 5.74) is 0.701. The van der Waals surface area contributed by atoms with Gasteiger partial charge in [-0.2, -0.15) is 0 Å². The van der Waals surface area contributed by atoms with Gasteiger partial charge in [-0.1, -0.05) is 19.3 Å². The Labute approximate surface area is 118 Å². The van der Waals surface area contributed by atoms with Crippen LogP contribution in [0.15, 0.2) is 0 Å². The van der Waals surface area contributed by atoms with Gasteiger partial charge in [0.1, 0.15) is 0 Å². The molecule has 1 N–H and O–H groups in total. The highest BCUT2D eigenvalue weighted by Gasteiger charge is 2.53. The molecule has 19 heavy (non-hydrogen) atoms. The maximum atomic E-state index is 4.08. The number of hydrogen-bond acceptors (Lipinski definition) is 1. The van der Waals surface area contributed by atoms with E-state index in [-0.39, 0.29) is 0 Å². The Bertz CT molecular complexity index is 293. The van der Waals surface area contributed by atoms with Crippen LogP contribution in [0.5, 0.6) is 0 Å². The van der Waals surface area contributed by atoms with Gasteiger partial charge in [-0.3, -0.25) is 0 Å². The van der Waals surface area contributed by atoms with Crippen LogP contribution in [0.4, 0.5) is 0 Å². The van der Waals surface area contributed by atoms with E-state index in [9.17, 15) is 0 Å². The van der Waals surface area contributed by atoms with Gasteiger partial charge in [0.05, 0.1) is 0 Å². The fourth-order valence-corrected chi connectivity index (χ4v) is 6.51. The molecular formula is C18H31N. The third-order valence-electron chi connectivity index (χ3n) is 7.10. The van der Waals surface area contributed by atoms with E-state index in [0.29, 0.717) is 5.41 Å². The molecule has 0 radical (unpaired) electrons. The Morgan fingerprint density at radius 1 is 0.842 bits per heavy atom. The van der Waals surface area contributed by atoms with Crippen LogP contribution in [0.25, 0.3) is 0 Å². The van der Waals surface area contributed by atoms with Crippen LogP contribution in [-0.4, -0.2) is 12.1 Å². The lowest BCUT2D eigenvalue weighted by atomic mass is 9.48. The fourth-order valence-electron chi connectivity index (χ4n) is 6.51. The van der Waals surface area contributed by atoms with E-state index in [1.807, 2.05) is 0 Å². The van der Waals surface area contributed by atoms with E-state index >= 15 is 0 Å². The predicted molar refractivity (Wildman–Crippen MR) is 80.1 cm³/mol. The monoisotopic (exact) mass is 261 g/mol. The minimum atomic E-state index is 0.701. The maximum absolute atomic E-state index is 4.08. The van der Waals surface area contributed by atoms with Gasteiger partial charge in [0.15, 0.2) is 0 Å². The summed E-state index contributed by atoms with van der Waals surface area (Å²) >= 11 is 0. The zero-order valence-corrected chi connectivity index (χ0v) is 12.7. The quantitative estimate of drug-likeness (QED) is 0.788. The molecule has 5 fully saturated rings. The van der Waals surface area contributed by atoms with Crippen LogP contribution < -0.4 is 5.32 Å². The SMILES string of the molecule is C[C@H](NC1CCCCC1)C12CC3CC(CC(C3)C1)C2. The molecule has 0 spiro atoms. The third kappa shape index (κ3) is 2.26. The average Bonchev–Trinajstić information content (AvgIpc) is 2.38. The van der Waals surface area contributed by atoms with Gasteiger partial charge < -0.3 is 5.32 Å². The standard InChI is InChI=1S/C18H31N/c1-13(19-17-5-3-2-4-6-17)18-10-14-7-15(11-18)9-16(8-14)12-18/h13-17,19H,2-12H2,1H3/t13-,14?,15?,16?,18?/m0/s1. The third-order valence-corrected chi connectivity index (χ3v) is 7.10. The second-order valence-electron chi connectivity index (χ2n) is 8.50. The highest BCUT2D eigenvalue weighted by atomic mass is 15.0. The van der Waals surface area contributed by atoms with E-state index in [0.717, 1.165) is 29.8 Å². The summed E-state index contributed by atoms with van der Waals surface area (Å²) in [7, 11) is 0. The molecule has 4 bridgehead atoms. The summed E-state index contributed by atoms with van der Waals surface area (Å²) in [6, 6.07) is 1.63. The molecule has 1 atom stereocenters. The Kier molecular flexibility index (Phi) is 3.17. The van der Waals surface area contributed by atoms with Crippen LogP contribution in [0.3, 0.4) is 0 Å². The zero-order chi connectivity index (χ0) is 12.9. The summed E-state index contributed by atoms with van der Waals surface area (Å²) in [6.07, 6.45) is 16.7. The Morgan fingerprint density at radius 2 is 1.37 bits per heavy atom. The van der Waals surface area contributed by atoms with Crippen molar-refractivity contribution in [3.8, 4) is 0 Å². The maximum Gasteiger partial charge on any atom is 0.00980 e. The zero-order valence-electron chi connectivity index (χ0n) is 12.7. The van der Waals surface area contributed by atoms with Gasteiger partial charge in [0.2, 0.25) is 0 Å². The van der Waals surface area contributed by atoms with E-state index in [1.165, 1.54) is 32.1 Å². The second-order valence-corrected chi connectivity index (χ2v) is 8.50. The van der Waals surface area contributed by atoms with Crippen molar-refractivity contribution in [2.75, 3.05) is 0 Å². The summed E-state index contributed by atoms with van der Waals surface area (Å²) in [5, 5.41) is 4.08. The lowest BCUT2D eigenvalue weighted by Gasteiger charge is -2.59. The molecule has 0 saturated heterocycles. The van der Waals surface area contributed by atoms with Gasteiger partial charge in [0.25, 0.3) is 0 Å². The largest absolute Gasteiger partial charge is 0.311 e. The van der Waals surface area contributed by atoms with Crippen molar-refractivity contribution in [1.82, 2.24) is 5.32 Å². The average molecular weight is 261 g/mol. The molecule has 0 amide bonds. The van der Waals surface area contributed by atoms with Crippen molar-refractivity contribution >= 4 is 0 Å². The molecule has 0 aromatic rings. The lowest BCUT2D eigenvalue weighted by molar-refractivity contribution is -0.0727. The molecule has 5 aliphatic rings. The normalized spacial score (nSPS) is 47.5. The van der Waals surface area contributed by atoms with Crippen molar-refractivity contribution in [1.29, 1.82) is 0 Å². The second kappa shape index (κ2) is 4.76. The van der Waals surface area contributed by atoms with E-state index < -0.39 is 0 Å². The summed E-state index contributed by atoms with van der Waals surface area (Å²) in [6.45, 7) is 2.53. The van der Waals surface area contributed by atoms with Gasteiger partial charge in [0, 0.05) is 12.1 Å².